The zero-order chi connectivity index (χ0) is 19.5. The Kier molecular flexibility index (Phi) is 5.31. The van der Waals surface area contributed by atoms with Gasteiger partial charge in [-0.25, -0.2) is 0 Å². The summed E-state index contributed by atoms with van der Waals surface area (Å²) in [6.07, 6.45) is 0. The van der Waals surface area contributed by atoms with Crippen LogP contribution in [0.5, 0.6) is 0 Å². The molecule has 4 aromatic rings. The van der Waals surface area contributed by atoms with E-state index < -0.39 is 0 Å². The first kappa shape index (κ1) is 18.5. The summed E-state index contributed by atoms with van der Waals surface area (Å²) < 4.78 is 1.09. The average Bonchev–Trinajstić information content (AvgIpc) is 2.72. The smallest absolute Gasteiger partial charge is 0.0462 e. The Balaban J connectivity index is 1.76. The van der Waals surface area contributed by atoms with Gasteiger partial charge in [-0.1, -0.05) is 75.6 Å². The molecule has 0 aliphatic carbocycles. The van der Waals surface area contributed by atoms with Gasteiger partial charge in [0.15, 0.2) is 0 Å². The third-order valence-corrected chi connectivity index (χ3v) is 5.36. The van der Waals surface area contributed by atoms with E-state index in [4.69, 9.17) is 0 Å². The van der Waals surface area contributed by atoms with E-state index in [1.807, 2.05) is 6.07 Å². The van der Waals surface area contributed by atoms with Crippen molar-refractivity contribution in [3.8, 4) is 11.1 Å². The standard InChI is InChI=1S/C26H22BrN/c1-19-6-12-24(13-7-19)28(25-14-8-20(2)9-15-25)26-16-10-21(11-17-26)22-4-3-5-23(27)18-22/h3-18H,1-2H3. The van der Waals surface area contributed by atoms with Gasteiger partial charge in [0.2, 0.25) is 0 Å². The minimum Gasteiger partial charge on any atom is -0.311 e. The summed E-state index contributed by atoms with van der Waals surface area (Å²) >= 11 is 3.56. The van der Waals surface area contributed by atoms with Crippen molar-refractivity contribution in [3.63, 3.8) is 0 Å². The largest absolute Gasteiger partial charge is 0.311 e. The molecule has 0 saturated heterocycles. The molecular formula is C26H22BrN. The predicted octanol–water partition coefficient (Wildman–Crippen LogP) is 8.20. The van der Waals surface area contributed by atoms with Gasteiger partial charge in [-0.15, -0.1) is 0 Å². The van der Waals surface area contributed by atoms with Gasteiger partial charge in [0, 0.05) is 21.5 Å². The summed E-state index contributed by atoms with van der Waals surface area (Å²) in [7, 11) is 0. The van der Waals surface area contributed by atoms with Crippen LogP contribution in [-0.4, -0.2) is 0 Å². The lowest BCUT2D eigenvalue weighted by Gasteiger charge is -2.26. The fourth-order valence-electron chi connectivity index (χ4n) is 3.31. The maximum absolute atomic E-state index is 3.56. The van der Waals surface area contributed by atoms with Crippen LogP contribution in [0.4, 0.5) is 17.1 Å². The molecule has 0 spiro atoms. The van der Waals surface area contributed by atoms with Crippen molar-refractivity contribution in [1.29, 1.82) is 0 Å². The molecule has 0 radical (unpaired) electrons. The molecule has 0 fully saturated rings. The fourth-order valence-corrected chi connectivity index (χ4v) is 3.71. The summed E-state index contributed by atoms with van der Waals surface area (Å²) in [5.41, 5.74) is 8.40. The monoisotopic (exact) mass is 427 g/mol. The highest BCUT2D eigenvalue weighted by atomic mass is 79.9. The second-order valence-corrected chi connectivity index (χ2v) is 7.98. The van der Waals surface area contributed by atoms with Crippen molar-refractivity contribution in [3.05, 3.63) is 113 Å². The molecule has 0 aromatic heterocycles. The Morgan fingerprint density at radius 1 is 0.536 bits per heavy atom. The van der Waals surface area contributed by atoms with E-state index in [9.17, 15) is 0 Å². The van der Waals surface area contributed by atoms with Gasteiger partial charge in [0.1, 0.15) is 0 Å². The molecule has 0 aliphatic heterocycles. The van der Waals surface area contributed by atoms with E-state index in [0.717, 1.165) is 21.5 Å². The van der Waals surface area contributed by atoms with Crippen LogP contribution in [0.2, 0.25) is 0 Å². The quantitative estimate of drug-likeness (QED) is 0.317. The van der Waals surface area contributed by atoms with E-state index in [2.05, 4.69) is 126 Å². The third-order valence-electron chi connectivity index (χ3n) is 4.87. The molecule has 0 atom stereocenters. The molecule has 4 aromatic carbocycles. The van der Waals surface area contributed by atoms with E-state index >= 15 is 0 Å². The highest BCUT2D eigenvalue weighted by Crippen LogP contribution is 2.36. The van der Waals surface area contributed by atoms with E-state index in [1.165, 1.54) is 22.3 Å². The predicted molar refractivity (Wildman–Crippen MR) is 124 cm³/mol. The minimum absolute atomic E-state index is 1.09. The topological polar surface area (TPSA) is 3.24 Å². The summed E-state index contributed by atoms with van der Waals surface area (Å²) in [5, 5.41) is 0. The van der Waals surface area contributed by atoms with Gasteiger partial charge in [-0.2, -0.15) is 0 Å². The number of hydrogen-bond acceptors (Lipinski definition) is 1. The maximum atomic E-state index is 3.56. The third kappa shape index (κ3) is 4.02. The molecular weight excluding hydrogens is 406 g/mol. The molecule has 0 aliphatic rings. The van der Waals surface area contributed by atoms with Crippen molar-refractivity contribution < 1.29 is 0 Å². The summed E-state index contributed by atoms with van der Waals surface area (Å²) in [6, 6.07) is 34.5. The van der Waals surface area contributed by atoms with Gasteiger partial charge >= 0.3 is 0 Å². The van der Waals surface area contributed by atoms with Gasteiger partial charge in [0.25, 0.3) is 0 Å². The number of nitrogens with zero attached hydrogens (tertiary/aromatic N) is 1. The summed E-state index contributed by atoms with van der Waals surface area (Å²) in [6.45, 7) is 4.24. The van der Waals surface area contributed by atoms with Gasteiger partial charge in [-0.05, 0) is 73.5 Å². The van der Waals surface area contributed by atoms with Crippen molar-refractivity contribution in [2.45, 2.75) is 13.8 Å². The number of hydrogen-bond donors (Lipinski definition) is 0. The van der Waals surface area contributed by atoms with Crippen LogP contribution in [0, 0.1) is 13.8 Å². The summed E-state index contributed by atoms with van der Waals surface area (Å²) in [5.74, 6) is 0. The first-order chi connectivity index (χ1) is 13.6. The minimum atomic E-state index is 1.09. The lowest BCUT2D eigenvalue weighted by molar-refractivity contribution is 1.27. The first-order valence-corrected chi connectivity index (χ1v) is 10.2. The van der Waals surface area contributed by atoms with Crippen molar-refractivity contribution in [1.82, 2.24) is 0 Å². The highest BCUT2D eigenvalue weighted by molar-refractivity contribution is 9.10. The molecule has 0 bridgehead atoms. The molecule has 4 rings (SSSR count). The van der Waals surface area contributed by atoms with Crippen LogP contribution >= 0.6 is 15.9 Å². The number of aryl methyl sites for hydroxylation is 2. The number of rotatable bonds is 4. The molecule has 0 heterocycles. The van der Waals surface area contributed by atoms with Crippen LogP contribution in [0.25, 0.3) is 11.1 Å². The van der Waals surface area contributed by atoms with Gasteiger partial charge in [0.05, 0.1) is 0 Å². The fraction of sp³-hybridized carbons (Fsp3) is 0.0769. The SMILES string of the molecule is Cc1ccc(N(c2ccc(C)cc2)c2ccc(-c3cccc(Br)c3)cc2)cc1. The van der Waals surface area contributed by atoms with E-state index in [-0.39, 0.29) is 0 Å². The number of halogens is 1. The lowest BCUT2D eigenvalue weighted by Crippen LogP contribution is -2.09. The Bertz CT molecular complexity index is 1020. The van der Waals surface area contributed by atoms with Crippen LogP contribution in [-0.2, 0) is 0 Å². The highest BCUT2D eigenvalue weighted by Gasteiger charge is 2.12. The van der Waals surface area contributed by atoms with Crippen LogP contribution in [0.1, 0.15) is 11.1 Å². The molecule has 0 N–H and O–H groups in total. The number of benzene rings is 4. The Labute approximate surface area is 175 Å². The summed E-state index contributed by atoms with van der Waals surface area (Å²) in [4.78, 5) is 2.30. The molecule has 0 saturated carbocycles. The average molecular weight is 428 g/mol. The van der Waals surface area contributed by atoms with Crippen molar-refractivity contribution in [2.24, 2.45) is 0 Å². The molecule has 1 nitrogen and oxygen atoms in total. The maximum Gasteiger partial charge on any atom is 0.0462 e. The zero-order valence-electron chi connectivity index (χ0n) is 16.1. The van der Waals surface area contributed by atoms with Gasteiger partial charge in [-0.3, -0.25) is 0 Å². The number of anilines is 3. The van der Waals surface area contributed by atoms with Crippen molar-refractivity contribution in [2.75, 3.05) is 4.90 Å². The Morgan fingerprint density at radius 2 is 1.00 bits per heavy atom. The first-order valence-electron chi connectivity index (χ1n) is 9.40. The molecule has 2 heteroatoms. The molecule has 0 amide bonds. The lowest BCUT2D eigenvalue weighted by atomic mass is 10.0. The second kappa shape index (κ2) is 8.04. The zero-order valence-corrected chi connectivity index (χ0v) is 17.6. The van der Waals surface area contributed by atoms with Crippen LogP contribution < -0.4 is 4.90 Å². The molecule has 0 unspecified atom stereocenters. The van der Waals surface area contributed by atoms with E-state index in [1.54, 1.807) is 0 Å². The molecule has 28 heavy (non-hydrogen) atoms. The van der Waals surface area contributed by atoms with E-state index in [0.29, 0.717) is 0 Å². The Morgan fingerprint density at radius 3 is 1.46 bits per heavy atom. The normalized spacial score (nSPS) is 10.7. The van der Waals surface area contributed by atoms with Crippen molar-refractivity contribution >= 4 is 33.0 Å². The van der Waals surface area contributed by atoms with Gasteiger partial charge < -0.3 is 4.90 Å². The van der Waals surface area contributed by atoms with Crippen LogP contribution in [0.3, 0.4) is 0 Å². The Hall–Kier alpha value is -2.84. The van der Waals surface area contributed by atoms with Crippen LogP contribution in [0.15, 0.2) is 102 Å². The molecule has 138 valence electrons. The second-order valence-electron chi connectivity index (χ2n) is 7.06.